The molecule has 1 aromatic carbocycles. The van der Waals surface area contributed by atoms with Crippen LogP contribution in [0.4, 0.5) is 8.78 Å². The summed E-state index contributed by atoms with van der Waals surface area (Å²) in [5.74, 6) is -0.539. The summed E-state index contributed by atoms with van der Waals surface area (Å²) in [5, 5.41) is 0.214. The van der Waals surface area contributed by atoms with Gasteiger partial charge in [-0.05, 0) is 0 Å². The van der Waals surface area contributed by atoms with Crippen molar-refractivity contribution < 1.29 is 23.1 Å². The molecule has 30 heavy (non-hydrogen) atoms. The number of hydrogen-bond donors (Lipinski definition) is 2. The Balaban J connectivity index is 1.66. The molecule has 1 aliphatic carbocycles. The third-order valence-electron chi connectivity index (χ3n) is 5.23. The van der Waals surface area contributed by atoms with Crippen LogP contribution in [0.25, 0.3) is 11.2 Å². The van der Waals surface area contributed by atoms with Gasteiger partial charge in [0, 0.05) is 0 Å². The van der Waals surface area contributed by atoms with Gasteiger partial charge in [-0.25, -0.2) is 0 Å². The quantitative estimate of drug-likeness (QED) is 0.293. The summed E-state index contributed by atoms with van der Waals surface area (Å²) in [4.78, 5) is 30.6. The maximum atomic E-state index is 14.1. The van der Waals surface area contributed by atoms with Crippen molar-refractivity contribution in [3.8, 4) is 0 Å². The first-order chi connectivity index (χ1) is 14.2. The Hall–Kier alpha value is -1.41. The van der Waals surface area contributed by atoms with Crippen LogP contribution in [-0.2, 0) is 4.57 Å². The Bertz CT molecular complexity index is 1100. The first-order valence-corrected chi connectivity index (χ1v) is 13.0. The van der Waals surface area contributed by atoms with E-state index in [1.54, 1.807) is 6.33 Å². The molecule has 7 nitrogen and oxygen atoms in total. The summed E-state index contributed by atoms with van der Waals surface area (Å²) in [7, 11) is -5.52. The molecule has 0 spiro atoms. The molecule has 4 rings (SSSR count). The van der Waals surface area contributed by atoms with Crippen molar-refractivity contribution in [3.63, 3.8) is 0 Å². The molecule has 1 aliphatic rings. The Labute approximate surface area is 182 Å². The minimum absolute atomic E-state index is 0.0311. The number of nitrogens with zero attached hydrogens (tertiary/aromatic N) is 4. The third kappa shape index (κ3) is 4.31. The standard InChI is InChI=1S/C18H18ClF2N4O3PSe/c19-16-15-17(23-9-22-16)25(10-24-15)13-6-11(8-18(20,21)29(26,27)28)7-14(13)30-12-4-2-1-3-5-12/h1-5,9-11,13-14H,6-8H2,(H2,26,27,28). The Morgan fingerprint density at radius 3 is 2.63 bits per heavy atom. The van der Waals surface area contributed by atoms with Crippen LogP contribution < -0.4 is 4.46 Å². The van der Waals surface area contributed by atoms with E-state index in [4.69, 9.17) is 21.4 Å². The van der Waals surface area contributed by atoms with Gasteiger partial charge < -0.3 is 0 Å². The van der Waals surface area contributed by atoms with Crippen molar-refractivity contribution >= 4 is 49.8 Å². The number of imidazole rings is 1. The summed E-state index contributed by atoms with van der Waals surface area (Å²) in [6.45, 7) is 0. The average Bonchev–Trinajstić information content (AvgIpc) is 3.26. The van der Waals surface area contributed by atoms with Gasteiger partial charge in [0.2, 0.25) is 0 Å². The second-order valence-corrected chi connectivity index (χ2v) is 12.1. The van der Waals surface area contributed by atoms with Gasteiger partial charge in [0.1, 0.15) is 0 Å². The van der Waals surface area contributed by atoms with Gasteiger partial charge in [0.05, 0.1) is 0 Å². The molecule has 0 aliphatic heterocycles. The number of hydrogen-bond acceptors (Lipinski definition) is 4. The molecule has 2 N–H and O–H groups in total. The first-order valence-electron chi connectivity index (χ1n) is 9.14. The number of aromatic nitrogens is 4. The van der Waals surface area contributed by atoms with E-state index in [9.17, 15) is 13.3 Å². The monoisotopic (exact) mass is 522 g/mol. The summed E-state index contributed by atoms with van der Waals surface area (Å²) < 4.78 is 42.4. The molecule has 2 heterocycles. The van der Waals surface area contributed by atoms with Crippen molar-refractivity contribution in [2.24, 2.45) is 5.92 Å². The fourth-order valence-electron chi connectivity index (χ4n) is 3.87. The van der Waals surface area contributed by atoms with Crippen LogP contribution >= 0.6 is 19.2 Å². The molecule has 1 fully saturated rings. The van der Waals surface area contributed by atoms with Crippen molar-refractivity contribution in [2.75, 3.05) is 0 Å². The molecule has 0 amide bonds. The minimum atomic E-state index is -5.52. The van der Waals surface area contributed by atoms with Crippen LogP contribution in [0.15, 0.2) is 43.0 Å². The molecular weight excluding hydrogens is 504 g/mol. The Kier molecular flexibility index (Phi) is 6.01. The van der Waals surface area contributed by atoms with Crippen LogP contribution in [0.2, 0.25) is 9.97 Å². The van der Waals surface area contributed by atoms with Crippen molar-refractivity contribution in [1.82, 2.24) is 19.5 Å². The van der Waals surface area contributed by atoms with E-state index >= 15 is 0 Å². The van der Waals surface area contributed by atoms with E-state index in [-0.39, 0.29) is 31.0 Å². The van der Waals surface area contributed by atoms with Gasteiger partial charge in [-0.1, -0.05) is 0 Å². The van der Waals surface area contributed by atoms with E-state index in [1.807, 2.05) is 34.9 Å². The van der Waals surface area contributed by atoms with Crippen LogP contribution in [0.5, 0.6) is 0 Å². The molecule has 160 valence electrons. The molecule has 12 heteroatoms. The third-order valence-corrected chi connectivity index (χ3v) is 9.38. The van der Waals surface area contributed by atoms with Gasteiger partial charge in [0.15, 0.2) is 0 Å². The summed E-state index contributed by atoms with van der Waals surface area (Å²) in [6.07, 6.45) is 2.86. The second-order valence-electron chi connectivity index (χ2n) is 7.28. The number of fused-ring (bicyclic) bond motifs is 1. The predicted octanol–water partition coefficient (Wildman–Crippen LogP) is 3.41. The molecule has 3 unspecified atom stereocenters. The van der Waals surface area contributed by atoms with E-state index in [1.165, 1.54) is 6.33 Å². The number of rotatable bonds is 6. The SMILES string of the molecule is O=P(O)(O)C(F)(F)CC1CC([Se]c2ccccc2)C(n2cnc3c(Cl)ncnc32)C1. The molecule has 1 saturated carbocycles. The van der Waals surface area contributed by atoms with Crippen LogP contribution in [0, 0.1) is 5.92 Å². The first kappa shape index (κ1) is 21.8. The maximum absolute atomic E-state index is 14.1. The van der Waals surface area contributed by atoms with Crippen LogP contribution in [-0.4, -0.2) is 49.9 Å². The van der Waals surface area contributed by atoms with Gasteiger partial charge >= 0.3 is 182 Å². The van der Waals surface area contributed by atoms with Crippen LogP contribution in [0.3, 0.4) is 0 Å². The predicted molar refractivity (Wildman–Crippen MR) is 109 cm³/mol. The van der Waals surface area contributed by atoms with Gasteiger partial charge in [-0.3, -0.25) is 0 Å². The molecule has 3 atom stereocenters. The molecule has 3 aromatic rings. The summed E-state index contributed by atoms with van der Waals surface area (Å²) in [6, 6.07) is 9.59. The van der Waals surface area contributed by atoms with Crippen molar-refractivity contribution in [3.05, 3.63) is 48.1 Å². The fourth-order valence-corrected chi connectivity index (χ4v) is 7.54. The number of alkyl halides is 2. The fraction of sp³-hybridized carbons (Fsp3) is 0.389. The zero-order valence-electron chi connectivity index (χ0n) is 15.5. The molecule has 0 bridgehead atoms. The van der Waals surface area contributed by atoms with Gasteiger partial charge in [0.25, 0.3) is 0 Å². The molecule has 2 aromatic heterocycles. The van der Waals surface area contributed by atoms with Crippen LogP contribution in [0.1, 0.15) is 25.3 Å². The zero-order valence-corrected chi connectivity index (χ0v) is 18.8. The van der Waals surface area contributed by atoms with Crippen molar-refractivity contribution in [1.29, 1.82) is 0 Å². The van der Waals surface area contributed by atoms with Gasteiger partial charge in [-0.15, -0.1) is 0 Å². The molecule has 0 radical (unpaired) electrons. The van der Waals surface area contributed by atoms with E-state index in [0.29, 0.717) is 24.0 Å². The second kappa shape index (κ2) is 8.26. The van der Waals surface area contributed by atoms with E-state index in [0.717, 1.165) is 4.46 Å². The normalized spacial score (nSPS) is 22.6. The Morgan fingerprint density at radius 2 is 1.93 bits per heavy atom. The summed E-state index contributed by atoms with van der Waals surface area (Å²) >= 11 is 6.06. The van der Waals surface area contributed by atoms with E-state index in [2.05, 4.69) is 15.0 Å². The molecule has 0 saturated heterocycles. The van der Waals surface area contributed by atoms with Crippen molar-refractivity contribution in [2.45, 2.75) is 35.8 Å². The number of benzene rings is 1. The van der Waals surface area contributed by atoms with Gasteiger partial charge in [-0.2, -0.15) is 0 Å². The topological polar surface area (TPSA) is 101 Å². The summed E-state index contributed by atoms with van der Waals surface area (Å²) in [5.41, 5.74) is -3.08. The zero-order chi connectivity index (χ0) is 21.5. The Morgan fingerprint density at radius 1 is 1.20 bits per heavy atom. The number of halogens is 3. The molecular formula is C18H18ClF2N4O3PSe. The van der Waals surface area contributed by atoms with E-state index < -0.39 is 25.6 Å². The average molecular weight is 522 g/mol.